The van der Waals surface area contributed by atoms with Gasteiger partial charge in [0.25, 0.3) is 5.91 Å². The summed E-state index contributed by atoms with van der Waals surface area (Å²) in [4.78, 5) is 23.3. The van der Waals surface area contributed by atoms with Gasteiger partial charge in [0.1, 0.15) is 17.7 Å². The Bertz CT molecular complexity index is 746. The number of aliphatic carboxylic acids is 1. The van der Waals surface area contributed by atoms with Gasteiger partial charge in [0.15, 0.2) is 0 Å². The number of nitrogens with one attached hydrogen (secondary N) is 1. The minimum atomic E-state index is -1.23. The van der Waals surface area contributed by atoms with Crippen LogP contribution < -0.4 is 5.32 Å². The van der Waals surface area contributed by atoms with E-state index >= 15 is 0 Å². The minimum Gasteiger partial charge on any atom is -0.480 e. The van der Waals surface area contributed by atoms with Crippen LogP contribution >= 0.6 is 0 Å². The van der Waals surface area contributed by atoms with Crippen molar-refractivity contribution in [1.82, 2.24) is 5.32 Å². The van der Waals surface area contributed by atoms with Crippen LogP contribution in [0.3, 0.4) is 0 Å². The molecular weight excluding hydrogens is 304 g/mol. The normalized spacial score (nSPS) is 11.8. The van der Waals surface area contributed by atoms with Crippen molar-refractivity contribution >= 4 is 11.9 Å². The highest BCUT2D eigenvalue weighted by Crippen LogP contribution is 2.11. The van der Waals surface area contributed by atoms with Gasteiger partial charge in [-0.25, -0.2) is 13.6 Å². The van der Waals surface area contributed by atoms with E-state index in [9.17, 15) is 23.5 Å². The lowest BCUT2D eigenvalue weighted by atomic mass is 10.0. The monoisotopic (exact) mass is 319 g/mol. The molecule has 0 heterocycles. The molecule has 0 saturated heterocycles. The predicted molar refractivity (Wildman–Crippen MR) is 80.1 cm³/mol. The lowest BCUT2D eigenvalue weighted by molar-refractivity contribution is -0.139. The molecule has 0 aliphatic rings. The van der Waals surface area contributed by atoms with Gasteiger partial charge in [0.05, 0.1) is 5.56 Å². The molecule has 0 aliphatic carbocycles. The maximum absolute atomic E-state index is 13.6. The average molecular weight is 319 g/mol. The largest absolute Gasteiger partial charge is 0.480 e. The number of amides is 1. The Morgan fingerprint density at radius 3 is 2.52 bits per heavy atom. The highest BCUT2D eigenvalue weighted by Gasteiger charge is 2.22. The van der Waals surface area contributed by atoms with Crippen LogP contribution in [-0.2, 0) is 11.2 Å². The molecule has 23 heavy (non-hydrogen) atoms. The number of carboxylic acids is 1. The zero-order chi connectivity index (χ0) is 17.0. The summed E-state index contributed by atoms with van der Waals surface area (Å²) in [5.41, 5.74) is 1.29. The maximum Gasteiger partial charge on any atom is 0.326 e. The van der Waals surface area contributed by atoms with Gasteiger partial charge in [0.2, 0.25) is 0 Å². The Morgan fingerprint density at radius 2 is 1.91 bits per heavy atom. The smallest absolute Gasteiger partial charge is 0.326 e. The maximum atomic E-state index is 13.6. The molecular formula is C17H15F2NO3. The van der Waals surface area contributed by atoms with Crippen LogP contribution in [0.25, 0.3) is 0 Å². The van der Waals surface area contributed by atoms with Crippen LogP contribution in [0.5, 0.6) is 0 Å². The Kier molecular flexibility index (Phi) is 5.05. The molecule has 0 radical (unpaired) electrons. The number of aryl methyl sites for hydroxylation is 1. The third-order valence-corrected chi connectivity index (χ3v) is 3.30. The summed E-state index contributed by atoms with van der Waals surface area (Å²) in [5, 5.41) is 11.5. The van der Waals surface area contributed by atoms with Gasteiger partial charge in [-0.1, -0.05) is 29.8 Å². The second kappa shape index (κ2) is 7.00. The summed E-state index contributed by atoms with van der Waals surface area (Å²) in [6.07, 6.45) is 0.0611. The fourth-order valence-electron chi connectivity index (χ4n) is 2.18. The lowest BCUT2D eigenvalue weighted by Gasteiger charge is -2.15. The fraction of sp³-hybridized carbons (Fsp3) is 0.176. The molecule has 0 spiro atoms. The lowest BCUT2D eigenvalue weighted by Crippen LogP contribution is -2.42. The van der Waals surface area contributed by atoms with Crippen LogP contribution in [0, 0.1) is 18.6 Å². The first-order valence-electron chi connectivity index (χ1n) is 6.91. The number of rotatable bonds is 5. The van der Waals surface area contributed by atoms with Crippen molar-refractivity contribution in [2.45, 2.75) is 19.4 Å². The number of hydrogen-bond acceptors (Lipinski definition) is 2. The second-order valence-corrected chi connectivity index (χ2v) is 5.18. The quantitative estimate of drug-likeness (QED) is 0.890. The van der Waals surface area contributed by atoms with Gasteiger partial charge in [-0.2, -0.15) is 0 Å². The van der Waals surface area contributed by atoms with Gasteiger partial charge in [-0.15, -0.1) is 0 Å². The molecule has 2 N–H and O–H groups in total. The van der Waals surface area contributed by atoms with Crippen molar-refractivity contribution in [2.75, 3.05) is 0 Å². The Labute approximate surface area is 131 Å². The molecule has 0 saturated carbocycles. The van der Waals surface area contributed by atoms with E-state index < -0.39 is 35.1 Å². The van der Waals surface area contributed by atoms with Crippen LogP contribution in [0.4, 0.5) is 8.78 Å². The first-order valence-corrected chi connectivity index (χ1v) is 6.91. The summed E-state index contributed by atoms with van der Waals surface area (Å²) < 4.78 is 26.4. The number of halogens is 2. The zero-order valence-electron chi connectivity index (χ0n) is 12.3. The van der Waals surface area contributed by atoms with Gasteiger partial charge in [-0.3, -0.25) is 4.79 Å². The predicted octanol–water partition coefficient (Wildman–Crippen LogP) is 2.70. The van der Waals surface area contributed by atoms with Crippen LogP contribution in [0.2, 0.25) is 0 Å². The minimum absolute atomic E-state index is 0.0611. The van der Waals surface area contributed by atoms with Gasteiger partial charge >= 0.3 is 5.97 Å². The Morgan fingerprint density at radius 1 is 1.17 bits per heavy atom. The first-order chi connectivity index (χ1) is 10.9. The van der Waals surface area contributed by atoms with E-state index in [4.69, 9.17) is 0 Å². The average Bonchev–Trinajstić information content (AvgIpc) is 2.46. The fourth-order valence-corrected chi connectivity index (χ4v) is 2.18. The van der Waals surface area contributed by atoms with E-state index in [1.54, 1.807) is 18.2 Å². The van der Waals surface area contributed by atoms with Crippen molar-refractivity contribution in [3.63, 3.8) is 0 Å². The second-order valence-electron chi connectivity index (χ2n) is 5.18. The molecule has 2 aromatic carbocycles. The topological polar surface area (TPSA) is 66.4 Å². The highest BCUT2D eigenvalue weighted by molar-refractivity contribution is 5.96. The summed E-state index contributed by atoms with van der Waals surface area (Å²) in [5.74, 6) is -3.99. The summed E-state index contributed by atoms with van der Waals surface area (Å²) in [6, 6.07) is 8.48. The standard InChI is InChI=1S/C17H15F2NO3/c1-10-3-2-4-11(7-10)8-15(17(22)23)20-16(21)13-6-5-12(18)9-14(13)19/h2-7,9,15H,8H2,1H3,(H,20,21)(H,22,23)/t15-/m1/s1. The van der Waals surface area contributed by atoms with Crippen molar-refractivity contribution in [1.29, 1.82) is 0 Å². The van der Waals surface area contributed by atoms with E-state index in [0.29, 0.717) is 6.07 Å². The van der Waals surface area contributed by atoms with Crippen LogP contribution in [0.1, 0.15) is 21.5 Å². The van der Waals surface area contributed by atoms with Crippen molar-refractivity contribution < 1.29 is 23.5 Å². The van der Waals surface area contributed by atoms with E-state index in [2.05, 4.69) is 5.32 Å². The molecule has 6 heteroatoms. The zero-order valence-corrected chi connectivity index (χ0v) is 12.3. The third-order valence-electron chi connectivity index (χ3n) is 3.30. The van der Waals surface area contributed by atoms with Gasteiger partial charge in [0, 0.05) is 12.5 Å². The van der Waals surface area contributed by atoms with E-state index in [1.165, 1.54) is 0 Å². The third kappa shape index (κ3) is 4.35. The number of benzene rings is 2. The molecule has 1 atom stereocenters. The SMILES string of the molecule is Cc1cccc(C[C@@H](NC(=O)c2ccc(F)cc2F)C(=O)O)c1. The molecule has 0 unspecified atom stereocenters. The number of hydrogen-bond donors (Lipinski definition) is 2. The molecule has 0 bridgehead atoms. The first kappa shape index (κ1) is 16.6. The Hall–Kier alpha value is -2.76. The number of carbonyl (C=O) groups excluding carboxylic acids is 1. The molecule has 2 aromatic rings. The summed E-state index contributed by atoms with van der Waals surface area (Å²) >= 11 is 0. The molecule has 1 amide bonds. The summed E-state index contributed by atoms with van der Waals surface area (Å²) in [6.45, 7) is 1.87. The van der Waals surface area contributed by atoms with Gasteiger partial charge in [-0.05, 0) is 24.6 Å². The van der Waals surface area contributed by atoms with Gasteiger partial charge < -0.3 is 10.4 Å². The number of carboxylic acid groups (broad SMARTS) is 1. The Balaban J connectivity index is 2.16. The van der Waals surface area contributed by atoms with Crippen molar-refractivity contribution in [2.24, 2.45) is 0 Å². The molecule has 4 nitrogen and oxygen atoms in total. The van der Waals surface area contributed by atoms with E-state index in [1.807, 2.05) is 13.0 Å². The molecule has 0 aliphatic heterocycles. The molecule has 120 valence electrons. The molecule has 0 aromatic heterocycles. The van der Waals surface area contributed by atoms with Crippen molar-refractivity contribution in [3.8, 4) is 0 Å². The van der Waals surface area contributed by atoms with E-state index in [0.717, 1.165) is 23.3 Å². The molecule has 0 fully saturated rings. The number of carbonyl (C=O) groups is 2. The molecule has 2 rings (SSSR count). The highest BCUT2D eigenvalue weighted by atomic mass is 19.1. The van der Waals surface area contributed by atoms with Crippen molar-refractivity contribution in [3.05, 3.63) is 70.8 Å². The summed E-state index contributed by atoms with van der Waals surface area (Å²) in [7, 11) is 0. The van der Waals surface area contributed by atoms with Crippen LogP contribution in [0.15, 0.2) is 42.5 Å². The van der Waals surface area contributed by atoms with E-state index in [-0.39, 0.29) is 6.42 Å². The van der Waals surface area contributed by atoms with Crippen LogP contribution in [-0.4, -0.2) is 23.0 Å².